The number of piperidine rings is 1. The Labute approximate surface area is 55.4 Å². The predicted molar refractivity (Wildman–Crippen MR) is 27.8 cm³/mol. The molecule has 52 valence electrons. The Balaban J connectivity index is 2.86. The summed E-state index contributed by atoms with van der Waals surface area (Å²) in [5.41, 5.74) is 0. The zero-order chi connectivity index (χ0) is 7.72. The van der Waals surface area contributed by atoms with E-state index in [1.807, 2.05) is 0 Å². The van der Waals surface area contributed by atoms with E-state index in [1.165, 1.54) is 0 Å². The van der Waals surface area contributed by atoms with Gasteiger partial charge < -0.3 is 0 Å². The van der Waals surface area contributed by atoms with Crippen LogP contribution < -0.4 is 5.32 Å². The highest BCUT2D eigenvalue weighted by molar-refractivity contribution is 6.67. The third kappa shape index (κ3) is 0.928. The Kier molecular flexibility index (Phi) is 1.33. The van der Waals surface area contributed by atoms with Crippen LogP contribution in [0.3, 0.4) is 0 Å². The number of carbonyl (C=O) groups is 4. The van der Waals surface area contributed by atoms with Crippen molar-refractivity contribution in [2.75, 3.05) is 0 Å². The summed E-state index contributed by atoms with van der Waals surface area (Å²) in [4.78, 5) is 41.4. The number of rotatable bonds is 0. The van der Waals surface area contributed by atoms with Crippen molar-refractivity contribution < 1.29 is 19.2 Å². The molecule has 5 nitrogen and oxygen atoms in total. The Hall–Kier alpha value is -1.52. The first-order valence-corrected chi connectivity index (χ1v) is 2.52. The average molecular weight is 141 g/mol. The maximum Gasteiger partial charge on any atom is 0.302 e. The van der Waals surface area contributed by atoms with Crippen LogP contribution in [0.25, 0.3) is 0 Å². The van der Waals surface area contributed by atoms with Crippen molar-refractivity contribution in [1.82, 2.24) is 5.32 Å². The first-order chi connectivity index (χ1) is 4.61. The minimum atomic E-state index is -1.14. The minimum absolute atomic E-state index is 0.509. The van der Waals surface area contributed by atoms with E-state index in [1.54, 1.807) is 5.32 Å². The minimum Gasteiger partial charge on any atom is -0.290 e. The van der Waals surface area contributed by atoms with Gasteiger partial charge in [0.15, 0.2) is 0 Å². The largest absolute Gasteiger partial charge is 0.302 e. The van der Waals surface area contributed by atoms with Crippen molar-refractivity contribution in [3.8, 4) is 0 Å². The molecule has 2 amide bonds. The van der Waals surface area contributed by atoms with Crippen molar-refractivity contribution in [2.24, 2.45) is 0 Å². The molecule has 0 aromatic rings. The summed E-state index contributed by atoms with van der Waals surface area (Å²) < 4.78 is 0. The highest BCUT2D eigenvalue weighted by atomic mass is 16.2. The molecule has 0 unspecified atom stereocenters. The Bertz CT molecular complexity index is 220. The van der Waals surface area contributed by atoms with Crippen molar-refractivity contribution in [3.63, 3.8) is 0 Å². The summed E-state index contributed by atoms with van der Waals surface area (Å²) in [5, 5.41) is 1.71. The van der Waals surface area contributed by atoms with Crippen LogP contribution >= 0.6 is 0 Å². The van der Waals surface area contributed by atoms with Crippen LogP contribution in [0.5, 0.6) is 0 Å². The Morgan fingerprint density at radius 1 is 1.10 bits per heavy atom. The molecule has 0 bridgehead atoms. The van der Waals surface area contributed by atoms with Crippen LogP contribution in [-0.2, 0) is 19.2 Å². The van der Waals surface area contributed by atoms with E-state index >= 15 is 0 Å². The standard InChI is InChI=1S/C5H3NO4/c7-2-1-3(8)6-5(10)4(2)9/h1H2,(H,6,8,10). The highest BCUT2D eigenvalue weighted by Gasteiger charge is 2.31. The molecule has 1 N–H and O–H groups in total. The second-order valence-electron chi connectivity index (χ2n) is 1.81. The third-order valence-corrected chi connectivity index (χ3v) is 1.03. The molecule has 1 saturated heterocycles. The van der Waals surface area contributed by atoms with E-state index in [-0.39, 0.29) is 0 Å². The fourth-order valence-electron chi connectivity index (χ4n) is 0.580. The molecular weight excluding hydrogens is 138 g/mol. The maximum atomic E-state index is 10.4. The number of carbonyl (C=O) groups excluding carboxylic acids is 4. The molecule has 1 fully saturated rings. The molecule has 0 aliphatic carbocycles. The molecule has 0 atom stereocenters. The number of imide groups is 1. The lowest BCUT2D eigenvalue weighted by molar-refractivity contribution is -0.150. The summed E-state index contributed by atoms with van der Waals surface area (Å²) in [7, 11) is 0. The Morgan fingerprint density at radius 3 is 2.20 bits per heavy atom. The van der Waals surface area contributed by atoms with Gasteiger partial charge in [-0.15, -0.1) is 0 Å². The molecular formula is C5H3NO4. The van der Waals surface area contributed by atoms with Crippen LogP contribution in [0.1, 0.15) is 6.42 Å². The molecule has 0 spiro atoms. The van der Waals surface area contributed by atoms with E-state index in [0.29, 0.717) is 0 Å². The van der Waals surface area contributed by atoms with Gasteiger partial charge in [-0.05, 0) is 0 Å². The van der Waals surface area contributed by atoms with Gasteiger partial charge in [-0.3, -0.25) is 24.5 Å². The van der Waals surface area contributed by atoms with Crippen molar-refractivity contribution >= 4 is 23.4 Å². The van der Waals surface area contributed by atoms with Gasteiger partial charge in [0.25, 0.3) is 5.78 Å². The smallest absolute Gasteiger partial charge is 0.290 e. The summed E-state index contributed by atoms with van der Waals surface area (Å²) in [6, 6.07) is 0. The zero-order valence-electron chi connectivity index (χ0n) is 4.84. The van der Waals surface area contributed by atoms with E-state index < -0.39 is 29.8 Å². The predicted octanol–water partition coefficient (Wildman–Crippen LogP) is -1.83. The molecule has 1 aliphatic rings. The van der Waals surface area contributed by atoms with Gasteiger partial charge in [0.05, 0.1) is 6.42 Å². The number of Topliss-reactive ketones (excluding diaryl/α,β-unsaturated/α-hetero) is 2. The fraction of sp³-hybridized carbons (Fsp3) is 0.200. The van der Waals surface area contributed by atoms with E-state index in [4.69, 9.17) is 0 Å². The monoisotopic (exact) mass is 141 g/mol. The number of amides is 2. The van der Waals surface area contributed by atoms with Crippen LogP contribution in [0, 0.1) is 0 Å². The lowest BCUT2D eigenvalue weighted by Crippen LogP contribution is -2.46. The van der Waals surface area contributed by atoms with Crippen LogP contribution in [0.15, 0.2) is 0 Å². The fourth-order valence-corrected chi connectivity index (χ4v) is 0.580. The molecule has 0 saturated carbocycles. The first-order valence-electron chi connectivity index (χ1n) is 2.52. The molecule has 0 aromatic carbocycles. The zero-order valence-corrected chi connectivity index (χ0v) is 4.84. The molecule has 1 aliphatic heterocycles. The first kappa shape index (κ1) is 6.60. The molecule has 0 radical (unpaired) electrons. The second kappa shape index (κ2) is 2.02. The Morgan fingerprint density at radius 2 is 1.70 bits per heavy atom. The molecule has 0 aromatic heterocycles. The quantitative estimate of drug-likeness (QED) is 0.244. The van der Waals surface area contributed by atoms with E-state index in [9.17, 15) is 19.2 Å². The number of hydrogen-bond acceptors (Lipinski definition) is 4. The summed E-state index contributed by atoms with van der Waals surface area (Å²) in [5.74, 6) is -3.91. The van der Waals surface area contributed by atoms with Gasteiger partial charge in [-0.25, -0.2) is 0 Å². The molecule has 5 heteroatoms. The summed E-state index contributed by atoms with van der Waals surface area (Å²) in [6.45, 7) is 0. The van der Waals surface area contributed by atoms with Gasteiger partial charge in [0.1, 0.15) is 0 Å². The van der Waals surface area contributed by atoms with Crippen LogP contribution in [0.2, 0.25) is 0 Å². The molecule has 10 heavy (non-hydrogen) atoms. The van der Waals surface area contributed by atoms with Gasteiger partial charge in [-0.1, -0.05) is 0 Å². The lowest BCUT2D eigenvalue weighted by Gasteiger charge is -2.05. The maximum absolute atomic E-state index is 10.4. The van der Waals surface area contributed by atoms with Gasteiger partial charge in [0, 0.05) is 0 Å². The van der Waals surface area contributed by atoms with Gasteiger partial charge in [-0.2, -0.15) is 0 Å². The van der Waals surface area contributed by atoms with Crippen molar-refractivity contribution in [2.45, 2.75) is 6.42 Å². The third-order valence-electron chi connectivity index (χ3n) is 1.03. The SMILES string of the molecule is O=C1CC(=O)C(=O)C(=O)N1. The van der Waals surface area contributed by atoms with E-state index in [2.05, 4.69) is 0 Å². The van der Waals surface area contributed by atoms with E-state index in [0.717, 1.165) is 0 Å². The van der Waals surface area contributed by atoms with Crippen LogP contribution in [-0.4, -0.2) is 23.4 Å². The second-order valence-corrected chi connectivity index (χ2v) is 1.81. The van der Waals surface area contributed by atoms with Crippen molar-refractivity contribution in [1.29, 1.82) is 0 Å². The van der Waals surface area contributed by atoms with Crippen molar-refractivity contribution in [3.05, 3.63) is 0 Å². The highest BCUT2D eigenvalue weighted by Crippen LogP contribution is 1.92. The summed E-state index contributed by atoms with van der Waals surface area (Å²) >= 11 is 0. The van der Waals surface area contributed by atoms with Crippen LogP contribution in [0.4, 0.5) is 0 Å². The van der Waals surface area contributed by atoms with Gasteiger partial charge in [0.2, 0.25) is 11.7 Å². The average Bonchev–Trinajstić information content (AvgIpc) is 1.82. The topological polar surface area (TPSA) is 80.3 Å². The number of ketones is 2. The molecule has 1 rings (SSSR count). The molecule has 1 heterocycles. The van der Waals surface area contributed by atoms with Gasteiger partial charge >= 0.3 is 5.91 Å². The normalized spacial score (nSPS) is 19.2. The number of nitrogens with one attached hydrogen (secondary N) is 1. The summed E-state index contributed by atoms with van der Waals surface area (Å²) in [6.07, 6.45) is -0.509. The number of hydrogen-bond donors (Lipinski definition) is 1. The lowest BCUT2D eigenvalue weighted by atomic mass is 10.1.